The number of Topliss-reactive ketones (excluding diaryl/α,β-unsaturated/α-hetero) is 1. The Morgan fingerprint density at radius 2 is 2.00 bits per heavy atom. The van der Waals surface area contributed by atoms with Crippen LogP contribution in [0.15, 0.2) is 65.5 Å². The summed E-state index contributed by atoms with van der Waals surface area (Å²) < 4.78 is 3.34. The van der Waals surface area contributed by atoms with Crippen LogP contribution in [0.25, 0.3) is 17.3 Å². The molecule has 0 bridgehead atoms. The van der Waals surface area contributed by atoms with Crippen LogP contribution in [0.3, 0.4) is 0 Å². The van der Waals surface area contributed by atoms with Gasteiger partial charge in [-0.1, -0.05) is 45.0 Å². The Labute approximate surface area is 227 Å². The molecule has 190 valence electrons. The van der Waals surface area contributed by atoms with Gasteiger partial charge in [-0.3, -0.25) is 19.4 Å². The second-order valence-corrected chi connectivity index (χ2v) is 12.0. The molecule has 11 heteroatoms. The number of ketones is 1. The van der Waals surface area contributed by atoms with Crippen molar-refractivity contribution in [3.8, 4) is 11.3 Å². The van der Waals surface area contributed by atoms with E-state index in [0.717, 1.165) is 4.88 Å². The van der Waals surface area contributed by atoms with Gasteiger partial charge in [-0.05, 0) is 29.8 Å². The van der Waals surface area contributed by atoms with Crippen LogP contribution in [-0.4, -0.2) is 36.0 Å². The monoisotopic (exact) mass is 553 g/mol. The minimum atomic E-state index is -0.697. The molecule has 0 N–H and O–H groups in total. The van der Waals surface area contributed by atoms with Crippen LogP contribution in [0.2, 0.25) is 4.34 Å². The van der Waals surface area contributed by atoms with Crippen molar-refractivity contribution in [3.05, 3.63) is 86.5 Å². The number of hydrogen-bond donors (Lipinski definition) is 0. The normalized spacial score (nSPS) is 11.5. The molecule has 0 aliphatic heterocycles. The van der Waals surface area contributed by atoms with Gasteiger partial charge >= 0.3 is 0 Å². The molecule has 0 saturated carbocycles. The van der Waals surface area contributed by atoms with Crippen LogP contribution in [-0.2, 0) is 12.3 Å². The van der Waals surface area contributed by atoms with E-state index in [0.29, 0.717) is 26.4 Å². The summed E-state index contributed by atoms with van der Waals surface area (Å²) in [5.74, 6) is 0.0221. The first kappa shape index (κ1) is 26.7. The zero-order chi connectivity index (χ0) is 26.7. The number of carbonyl (C=O) groups is 2. The molecular weight excluding hydrogens is 530 g/mol. The molecule has 4 rings (SSSR count). The standard InChI is InChI=1S/C26H24ClN5O3S2/c1-5-16-10-18(24(34)31(13-16)14-21(33)20-12-28-8-9-29-20)19-11-23(32(30-19)25(35)26(2,3)4)36-15-17-6-7-22(27)37-17/h5-13H,1,14-15H2,2-4H3. The van der Waals surface area contributed by atoms with Crippen LogP contribution >= 0.6 is 34.7 Å². The largest absolute Gasteiger partial charge is 0.306 e. The number of aromatic nitrogens is 5. The maximum absolute atomic E-state index is 13.5. The lowest BCUT2D eigenvalue weighted by Gasteiger charge is -2.17. The fourth-order valence-electron chi connectivity index (χ4n) is 3.39. The van der Waals surface area contributed by atoms with Crippen molar-refractivity contribution in [1.29, 1.82) is 0 Å². The summed E-state index contributed by atoms with van der Waals surface area (Å²) >= 11 is 8.97. The van der Waals surface area contributed by atoms with E-state index >= 15 is 0 Å². The summed E-state index contributed by atoms with van der Waals surface area (Å²) in [7, 11) is 0. The Bertz CT molecular complexity index is 1530. The lowest BCUT2D eigenvalue weighted by molar-refractivity contribution is 0.0736. The van der Waals surface area contributed by atoms with Gasteiger partial charge in [0, 0.05) is 34.6 Å². The molecule has 0 unspecified atom stereocenters. The van der Waals surface area contributed by atoms with Gasteiger partial charge in [-0.2, -0.15) is 9.78 Å². The minimum absolute atomic E-state index is 0.160. The first-order valence-electron chi connectivity index (χ1n) is 11.2. The molecule has 4 heterocycles. The number of halogens is 1. The summed E-state index contributed by atoms with van der Waals surface area (Å²) in [4.78, 5) is 48.4. The third-order valence-corrected chi connectivity index (χ3v) is 7.74. The van der Waals surface area contributed by atoms with Gasteiger partial charge in [0.1, 0.15) is 10.7 Å². The highest BCUT2D eigenvalue weighted by atomic mass is 35.5. The van der Waals surface area contributed by atoms with E-state index in [1.807, 2.05) is 32.9 Å². The first-order chi connectivity index (χ1) is 17.6. The van der Waals surface area contributed by atoms with Gasteiger partial charge < -0.3 is 4.57 Å². The third kappa shape index (κ3) is 6.15. The Balaban J connectivity index is 1.75. The minimum Gasteiger partial charge on any atom is -0.306 e. The fraction of sp³-hybridized carbons (Fsp3) is 0.231. The molecule has 0 aromatic carbocycles. The quantitative estimate of drug-likeness (QED) is 0.203. The van der Waals surface area contributed by atoms with Crippen molar-refractivity contribution < 1.29 is 9.59 Å². The van der Waals surface area contributed by atoms with E-state index in [9.17, 15) is 14.4 Å². The molecule has 0 spiro atoms. The number of carbonyl (C=O) groups excluding carboxylic acids is 2. The van der Waals surface area contributed by atoms with E-state index < -0.39 is 11.0 Å². The van der Waals surface area contributed by atoms with Crippen LogP contribution in [0.1, 0.15) is 46.5 Å². The average Bonchev–Trinajstić information content (AvgIpc) is 3.49. The van der Waals surface area contributed by atoms with Crippen LogP contribution in [0, 0.1) is 5.41 Å². The molecule has 0 aliphatic rings. The van der Waals surface area contributed by atoms with Gasteiger partial charge in [0.2, 0.25) is 5.78 Å². The highest BCUT2D eigenvalue weighted by Crippen LogP contribution is 2.32. The second kappa shape index (κ2) is 11.0. The molecule has 0 fully saturated rings. The van der Waals surface area contributed by atoms with E-state index in [2.05, 4.69) is 21.6 Å². The van der Waals surface area contributed by atoms with Crippen LogP contribution < -0.4 is 5.56 Å². The first-order valence-corrected chi connectivity index (χ1v) is 13.4. The van der Waals surface area contributed by atoms with Crippen molar-refractivity contribution >= 4 is 52.5 Å². The van der Waals surface area contributed by atoms with Crippen molar-refractivity contribution in [3.63, 3.8) is 0 Å². The zero-order valence-electron chi connectivity index (χ0n) is 20.5. The van der Waals surface area contributed by atoms with E-state index in [1.54, 1.807) is 24.4 Å². The van der Waals surface area contributed by atoms with Crippen molar-refractivity contribution in [2.24, 2.45) is 5.41 Å². The SMILES string of the molecule is C=Cc1cc(-c2cc(SCc3ccc(Cl)s3)n(C(=O)C(C)(C)C)n2)c(=O)n(CC(=O)c2cnccn2)c1. The van der Waals surface area contributed by atoms with Crippen molar-refractivity contribution in [1.82, 2.24) is 24.3 Å². The van der Waals surface area contributed by atoms with Gasteiger partial charge in [-0.25, -0.2) is 4.98 Å². The van der Waals surface area contributed by atoms with Gasteiger partial charge in [0.05, 0.1) is 28.3 Å². The molecule has 0 saturated heterocycles. The fourth-order valence-corrected chi connectivity index (χ4v) is 5.51. The topological polar surface area (TPSA) is 99.7 Å². The van der Waals surface area contributed by atoms with Crippen LogP contribution in [0.4, 0.5) is 0 Å². The van der Waals surface area contributed by atoms with Gasteiger partial charge in [0.25, 0.3) is 11.5 Å². The van der Waals surface area contributed by atoms with E-state index in [4.69, 9.17) is 11.6 Å². The maximum atomic E-state index is 13.5. The Morgan fingerprint density at radius 1 is 1.22 bits per heavy atom. The Kier molecular flexibility index (Phi) is 7.91. The molecule has 8 nitrogen and oxygen atoms in total. The second-order valence-electron chi connectivity index (χ2n) is 9.17. The molecular formula is C26H24ClN5O3S2. The van der Waals surface area contributed by atoms with Crippen molar-refractivity contribution in [2.75, 3.05) is 0 Å². The number of pyridine rings is 1. The summed E-state index contributed by atoms with van der Waals surface area (Å²) in [5, 5.41) is 5.15. The molecule has 4 aromatic rings. The predicted octanol–water partition coefficient (Wildman–Crippen LogP) is 5.72. The molecule has 37 heavy (non-hydrogen) atoms. The van der Waals surface area contributed by atoms with E-state index in [1.165, 1.54) is 50.9 Å². The highest BCUT2D eigenvalue weighted by molar-refractivity contribution is 7.98. The smallest absolute Gasteiger partial charge is 0.260 e. The maximum Gasteiger partial charge on any atom is 0.260 e. The van der Waals surface area contributed by atoms with Gasteiger partial charge in [0.15, 0.2) is 0 Å². The number of rotatable bonds is 8. The Hall–Kier alpha value is -3.34. The number of thiophene rings is 1. The number of nitrogens with zero attached hydrogens (tertiary/aromatic N) is 5. The van der Waals surface area contributed by atoms with Crippen molar-refractivity contribution in [2.45, 2.75) is 38.1 Å². The van der Waals surface area contributed by atoms with E-state index in [-0.39, 0.29) is 29.5 Å². The predicted molar refractivity (Wildman–Crippen MR) is 147 cm³/mol. The highest BCUT2D eigenvalue weighted by Gasteiger charge is 2.28. The van der Waals surface area contributed by atoms with Crippen LogP contribution in [0.5, 0.6) is 0 Å². The number of hydrogen-bond acceptors (Lipinski definition) is 8. The lowest BCUT2D eigenvalue weighted by Crippen LogP contribution is -2.28. The Morgan fingerprint density at radius 3 is 2.62 bits per heavy atom. The van der Waals surface area contributed by atoms with Gasteiger partial charge in [-0.15, -0.1) is 23.1 Å². The zero-order valence-corrected chi connectivity index (χ0v) is 22.9. The molecule has 0 aliphatic carbocycles. The summed E-state index contributed by atoms with van der Waals surface area (Å²) in [6.07, 6.45) is 7.39. The number of thioether (sulfide) groups is 1. The average molecular weight is 554 g/mol. The molecule has 0 radical (unpaired) electrons. The summed E-state index contributed by atoms with van der Waals surface area (Å²) in [5.41, 5.74) is 0.256. The molecule has 0 amide bonds. The molecule has 0 atom stereocenters. The lowest BCUT2D eigenvalue weighted by atomic mass is 9.96. The molecule has 4 aromatic heterocycles. The summed E-state index contributed by atoms with van der Waals surface area (Å²) in [6, 6.07) is 7.15. The summed E-state index contributed by atoms with van der Waals surface area (Å²) in [6.45, 7) is 9.02. The third-order valence-electron chi connectivity index (χ3n) is 5.28.